The van der Waals surface area contributed by atoms with Gasteiger partial charge in [0.1, 0.15) is 13.2 Å². The van der Waals surface area contributed by atoms with Gasteiger partial charge in [-0.25, -0.2) is 8.42 Å². The van der Waals surface area contributed by atoms with Crippen LogP contribution in [0, 0.1) is 0 Å². The molecule has 20 heavy (non-hydrogen) atoms. The van der Waals surface area contributed by atoms with E-state index in [1.54, 1.807) is 12.1 Å². The van der Waals surface area contributed by atoms with Gasteiger partial charge in [-0.2, -0.15) is 4.31 Å². The minimum absolute atomic E-state index is 0.223. The summed E-state index contributed by atoms with van der Waals surface area (Å²) < 4.78 is 37.3. The average molecular weight is 300 g/mol. The largest absolute Gasteiger partial charge is 0.486 e. The van der Waals surface area contributed by atoms with Crippen molar-refractivity contribution in [2.24, 2.45) is 5.73 Å². The summed E-state index contributed by atoms with van der Waals surface area (Å²) in [4.78, 5) is 0.223. The van der Waals surface area contributed by atoms with Crippen molar-refractivity contribution in [2.45, 2.75) is 18.2 Å². The molecule has 7 heteroatoms. The van der Waals surface area contributed by atoms with E-state index in [-0.39, 0.29) is 4.90 Å². The second-order valence-electron chi connectivity index (χ2n) is 4.44. The molecule has 0 spiro atoms. The van der Waals surface area contributed by atoms with E-state index in [4.69, 9.17) is 15.2 Å². The summed E-state index contributed by atoms with van der Waals surface area (Å²) in [5, 5.41) is 0. The predicted octanol–water partition coefficient (Wildman–Crippen LogP) is 0.817. The van der Waals surface area contributed by atoms with Gasteiger partial charge in [0.15, 0.2) is 11.5 Å². The SMILES string of the molecule is CCN(CCCN)S(=O)(=O)c1ccc2c(c1)OCCO2. The number of fused-ring (bicyclic) bond motifs is 1. The second-order valence-corrected chi connectivity index (χ2v) is 6.38. The van der Waals surface area contributed by atoms with Crippen LogP contribution in [0.2, 0.25) is 0 Å². The highest BCUT2D eigenvalue weighted by Gasteiger charge is 2.24. The quantitative estimate of drug-likeness (QED) is 0.841. The molecule has 2 N–H and O–H groups in total. The van der Waals surface area contributed by atoms with Crippen LogP contribution in [0.4, 0.5) is 0 Å². The third kappa shape index (κ3) is 3.05. The molecule has 0 aromatic heterocycles. The van der Waals surface area contributed by atoms with E-state index in [2.05, 4.69) is 0 Å². The van der Waals surface area contributed by atoms with Gasteiger partial charge in [-0.1, -0.05) is 6.92 Å². The maximum atomic E-state index is 12.5. The number of hydrogen-bond donors (Lipinski definition) is 1. The standard InChI is InChI=1S/C13H20N2O4S/c1-2-15(7-3-6-14)20(16,17)11-4-5-12-13(10-11)19-9-8-18-12/h4-5,10H,2-3,6-9,14H2,1H3. The fourth-order valence-corrected chi connectivity index (χ4v) is 3.55. The Labute approximate surface area is 119 Å². The summed E-state index contributed by atoms with van der Waals surface area (Å²) in [5.41, 5.74) is 5.45. The Bertz CT molecular complexity index is 559. The van der Waals surface area contributed by atoms with Gasteiger partial charge in [0.2, 0.25) is 10.0 Å². The molecule has 1 aromatic rings. The number of hydrogen-bond acceptors (Lipinski definition) is 5. The fourth-order valence-electron chi connectivity index (χ4n) is 2.05. The topological polar surface area (TPSA) is 81.9 Å². The van der Waals surface area contributed by atoms with Crippen molar-refractivity contribution < 1.29 is 17.9 Å². The normalized spacial score (nSPS) is 14.6. The highest BCUT2D eigenvalue weighted by Crippen LogP contribution is 2.33. The van der Waals surface area contributed by atoms with Crippen LogP contribution in [0.1, 0.15) is 13.3 Å². The predicted molar refractivity (Wildman–Crippen MR) is 75.5 cm³/mol. The minimum Gasteiger partial charge on any atom is -0.486 e. The number of ether oxygens (including phenoxy) is 2. The van der Waals surface area contributed by atoms with Gasteiger partial charge < -0.3 is 15.2 Å². The van der Waals surface area contributed by atoms with Gasteiger partial charge in [0, 0.05) is 19.2 Å². The number of sulfonamides is 1. The Morgan fingerprint density at radius 2 is 1.95 bits per heavy atom. The molecule has 6 nitrogen and oxygen atoms in total. The fraction of sp³-hybridized carbons (Fsp3) is 0.538. The third-order valence-corrected chi connectivity index (χ3v) is 5.09. The molecule has 1 aliphatic rings. The van der Waals surface area contributed by atoms with Crippen molar-refractivity contribution in [3.05, 3.63) is 18.2 Å². The Hall–Kier alpha value is -1.31. The number of rotatable bonds is 6. The molecule has 0 aliphatic carbocycles. The molecule has 0 saturated heterocycles. The van der Waals surface area contributed by atoms with Crippen LogP contribution in [0.3, 0.4) is 0 Å². The summed E-state index contributed by atoms with van der Waals surface area (Å²) in [7, 11) is -3.51. The molecule has 0 fully saturated rings. The van der Waals surface area contributed by atoms with Crippen LogP contribution in [0.25, 0.3) is 0 Å². The summed E-state index contributed by atoms with van der Waals surface area (Å²) in [6.07, 6.45) is 0.637. The van der Waals surface area contributed by atoms with Crippen molar-refractivity contribution in [2.75, 3.05) is 32.8 Å². The summed E-state index contributed by atoms with van der Waals surface area (Å²) in [6.45, 7) is 4.03. The van der Waals surface area contributed by atoms with E-state index in [9.17, 15) is 8.42 Å². The lowest BCUT2D eigenvalue weighted by Crippen LogP contribution is -2.33. The van der Waals surface area contributed by atoms with Crippen LogP contribution in [-0.2, 0) is 10.0 Å². The van der Waals surface area contributed by atoms with Gasteiger partial charge in [0.05, 0.1) is 4.90 Å². The summed E-state index contributed by atoms with van der Waals surface area (Å²) >= 11 is 0. The molecule has 0 bridgehead atoms. The van der Waals surface area contributed by atoms with Crippen LogP contribution in [0.15, 0.2) is 23.1 Å². The minimum atomic E-state index is -3.51. The zero-order chi connectivity index (χ0) is 14.6. The van der Waals surface area contributed by atoms with Crippen molar-refractivity contribution in [1.29, 1.82) is 0 Å². The molecule has 1 heterocycles. The molecule has 112 valence electrons. The number of nitrogens with zero attached hydrogens (tertiary/aromatic N) is 1. The van der Waals surface area contributed by atoms with Gasteiger partial charge in [0.25, 0.3) is 0 Å². The van der Waals surface area contributed by atoms with Crippen molar-refractivity contribution in [3.63, 3.8) is 0 Å². The third-order valence-electron chi connectivity index (χ3n) is 3.12. The highest BCUT2D eigenvalue weighted by molar-refractivity contribution is 7.89. The lowest BCUT2D eigenvalue weighted by atomic mass is 10.3. The average Bonchev–Trinajstić information content (AvgIpc) is 2.47. The molecule has 0 saturated carbocycles. The van der Waals surface area contributed by atoms with Crippen LogP contribution >= 0.6 is 0 Å². The maximum absolute atomic E-state index is 12.5. The first-order valence-electron chi connectivity index (χ1n) is 6.69. The molecule has 1 aliphatic heterocycles. The van der Waals surface area contributed by atoms with Crippen molar-refractivity contribution >= 4 is 10.0 Å². The Morgan fingerprint density at radius 1 is 1.25 bits per heavy atom. The second kappa shape index (κ2) is 6.43. The number of nitrogens with two attached hydrogens (primary N) is 1. The van der Waals surface area contributed by atoms with Crippen LogP contribution in [0.5, 0.6) is 11.5 Å². The van der Waals surface area contributed by atoms with Gasteiger partial charge in [-0.05, 0) is 25.1 Å². The van der Waals surface area contributed by atoms with Crippen LogP contribution < -0.4 is 15.2 Å². The van der Waals surface area contributed by atoms with Gasteiger partial charge in [-0.3, -0.25) is 0 Å². The van der Waals surface area contributed by atoms with Gasteiger partial charge >= 0.3 is 0 Å². The number of benzene rings is 1. The lowest BCUT2D eigenvalue weighted by Gasteiger charge is -2.22. The van der Waals surface area contributed by atoms with Crippen LogP contribution in [-0.4, -0.2) is 45.6 Å². The van der Waals surface area contributed by atoms with Crippen molar-refractivity contribution in [3.8, 4) is 11.5 Å². The van der Waals surface area contributed by atoms with E-state index in [0.717, 1.165) is 0 Å². The van der Waals surface area contributed by atoms with E-state index < -0.39 is 10.0 Å². The Kier molecular flexibility index (Phi) is 4.85. The highest BCUT2D eigenvalue weighted by atomic mass is 32.2. The van der Waals surface area contributed by atoms with Crippen molar-refractivity contribution in [1.82, 2.24) is 4.31 Å². The maximum Gasteiger partial charge on any atom is 0.243 e. The van der Waals surface area contributed by atoms with Gasteiger partial charge in [-0.15, -0.1) is 0 Å². The first-order valence-corrected chi connectivity index (χ1v) is 8.13. The zero-order valence-electron chi connectivity index (χ0n) is 11.5. The first kappa shape index (κ1) is 15.1. The lowest BCUT2D eigenvalue weighted by molar-refractivity contribution is 0.171. The molecule has 0 amide bonds. The first-order chi connectivity index (χ1) is 9.59. The molecule has 1 aromatic carbocycles. The Balaban J connectivity index is 2.28. The Morgan fingerprint density at radius 3 is 2.60 bits per heavy atom. The van der Waals surface area contributed by atoms with E-state index in [1.165, 1.54) is 10.4 Å². The van der Waals surface area contributed by atoms with E-state index >= 15 is 0 Å². The molecule has 0 radical (unpaired) electrons. The monoisotopic (exact) mass is 300 g/mol. The zero-order valence-corrected chi connectivity index (χ0v) is 12.4. The molecular formula is C13H20N2O4S. The molecular weight excluding hydrogens is 280 g/mol. The summed E-state index contributed by atoms with van der Waals surface area (Å²) in [5.74, 6) is 1.06. The summed E-state index contributed by atoms with van der Waals surface area (Å²) in [6, 6.07) is 4.71. The van der Waals surface area contributed by atoms with E-state index in [0.29, 0.717) is 50.8 Å². The molecule has 0 atom stereocenters. The molecule has 2 rings (SSSR count). The molecule has 0 unspecified atom stereocenters. The smallest absolute Gasteiger partial charge is 0.243 e. The van der Waals surface area contributed by atoms with E-state index in [1.807, 2.05) is 6.92 Å².